The molecule has 0 aliphatic heterocycles. The largest absolute Gasteiger partial charge is 0.423 e. The van der Waals surface area contributed by atoms with Crippen LogP contribution in [-0.2, 0) is 21.7 Å². The van der Waals surface area contributed by atoms with Crippen molar-refractivity contribution in [3.8, 4) is 11.1 Å². The quantitative estimate of drug-likeness (QED) is 0.675. The molecule has 0 saturated carbocycles. The highest BCUT2D eigenvalue weighted by molar-refractivity contribution is 6.62. The van der Waals surface area contributed by atoms with Gasteiger partial charge in [0.2, 0.25) is 0 Å². The summed E-state index contributed by atoms with van der Waals surface area (Å²) in [6, 6.07) is 15.2. The highest BCUT2D eigenvalue weighted by Gasteiger charge is 2.23. The third-order valence-corrected chi connectivity index (χ3v) is 6.00. The Morgan fingerprint density at radius 1 is 0.739 bits per heavy atom. The van der Waals surface area contributed by atoms with Gasteiger partial charge in [-0.05, 0) is 54.1 Å². The van der Waals surface area contributed by atoms with Gasteiger partial charge in [0.25, 0.3) is 0 Å². The molecule has 0 fully saturated rings. The molecule has 2 aromatic rings. The Balaban J connectivity index is 2.55. The van der Waals surface area contributed by atoms with Gasteiger partial charge in [0.15, 0.2) is 0 Å². The second kappa shape index (κ2) is 9.01. The first-order valence-electron chi connectivity index (χ1n) is 8.59. The number of aryl methyl sites for hydroxylation is 1. The van der Waals surface area contributed by atoms with Crippen LogP contribution in [0.3, 0.4) is 0 Å². The first kappa shape index (κ1) is 17.9. The van der Waals surface area contributed by atoms with Gasteiger partial charge in [-0.1, -0.05) is 56.3 Å². The Morgan fingerprint density at radius 3 is 2.00 bits per heavy atom. The molecule has 0 aromatic heterocycles. The maximum absolute atomic E-state index is 5.94. The first-order chi connectivity index (χ1) is 11.3. The zero-order chi connectivity index (χ0) is 16.7. The van der Waals surface area contributed by atoms with Gasteiger partial charge >= 0.3 is 9.28 Å². The van der Waals surface area contributed by atoms with Crippen molar-refractivity contribution >= 4 is 14.5 Å². The Morgan fingerprint density at radius 2 is 1.39 bits per heavy atom. The molecule has 0 amide bonds. The topological polar surface area (TPSA) is 18.5 Å². The summed E-state index contributed by atoms with van der Waals surface area (Å²) in [6.07, 6.45) is 2.02. The minimum absolute atomic E-state index is 0.688. The highest BCUT2D eigenvalue weighted by atomic mass is 28.3. The monoisotopic (exact) mass is 327 g/mol. The zero-order valence-corrected chi connectivity index (χ0v) is 15.7. The summed E-state index contributed by atoms with van der Waals surface area (Å²) in [7, 11) is -1.41. The lowest BCUT2D eigenvalue weighted by atomic mass is 9.93. The zero-order valence-electron chi connectivity index (χ0n) is 14.7. The van der Waals surface area contributed by atoms with Crippen molar-refractivity contribution in [1.29, 1.82) is 0 Å². The minimum Gasteiger partial charge on any atom is -0.390 e. The molecule has 3 heteroatoms. The molecule has 2 nitrogen and oxygen atoms in total. The average Bonchev–Trinajstić information content (AvgIpc) is 2.60. The van der Waals surface area contributed by atoms with Gasteiger partial charge < -0.3 is 8.85 Å². The summed E-state index contributed by atoms with van der Waals surface area (Å²) in [6.45, 7) is 9.87. The summed E-state index contributed by atoms with van der Waals surface area (Å²) < 4.78 is 11.9. The third-order valence-electron chi connectivity index (χ3n) is 3.99. The lowest BCUT2D eigenvalue weighted by Gasteiger charge is -2.20. The van der Waals surface area contributed by atoms with Crippen LogP contribution in [0.25, 0.3) is 11.1 Å². The van der Waals surface area contributed by atoms with E-state index in [1.54, 1.807) is 0 Å². The molecule has 123 valence electrons. The number of benzene rings is 2. The second-order valence-corrected chi connectivity index (χ2v) is 7.04. The minimum atomic E-state index is -1.41. The smallest absolute Gasteiger partial charge is 0.390 e. The van der Waals surface area contributed by atoms with Crippen molar-refractivity contribution in [1.82, 2.24) is 0 Å². The molecule has 0 unspecified atom stereocenters. The lowest BCUT2D eigenvalue weighted by Crippen LogP contribution is -2.39. The van der Waals surface area contributed by atoms with Crippen LogP contribution in [0.5, 0.6) is 0 Å². The van der Waals surface area contributed by atoms with E-state index in [0.717, 1.165) is 12.8 Å². The summed E-state index contributed by atoms with van der Waals surface area (Å²) in [4.78, 5) is 0. The van der Waals surface area contributed by atoms with Crippen LogP contribution in [0.4, 0.5) is 0 Å². The molecule has 0 aliphatic carbocycles. The molecule has 0 atom stereocenters. The Hall–Kier alpha value is -1.42. The van der Waals surface area contributed by atoms with Crippen molar-refractivity contribution in [2.75, 3.05) is 13.2 Å². The van der Waals surface area contributed by atoms with E-state index in [0.29, 0.717) is 13.2 Å². The van der Waals surface area contributed by atoms with E-state index in [9.17, 15) is 0 Å². The molecule has 0 heterocycles. The van der Waals surface area contributed by atoms with E-state index >= 15 is 0 Å². The molecule has 1 radical (unpaired) electrons. The number of hydrogen-bond acceptors (Lipinski definition) is 2. The fourth-order valence-electron chi connectivity index (χ4n) is 2.96. The normalized spacial score (nSPS) is 11.2. The maximum atomic E-state index is 5.94. The molecule has 0 spiro atoms. The third kappa shape index (κ3) is 4.11. The first-order valence-corrected chi connectivity index (χ1v) is 9.91. The molecule has 0 saturated heterocycles. The predicted molar refractivity (Wildman–Crippen MR) is 99.3 cm³/mol. The van der Waals surface area contributed by atoms with Crippen LogP contribution in [0.1, 0.15) is 38.8 Å². The van der Waals surface area contributed by atoms with Crippen LogP contribution in [0, 0.1) is 0 Å². The molecule has 0 aliphatic rings. The van der Waals surface area contributed by atoms with Crippen LogP contribution in [0.15, 0.2) is 42.5 Å². The number of rotatable bonds is 8. The lowest BCUT2D eigenvalue weighted by molar-refractivity contribution is 0.225. The van der Waals surface area contributed by atoms with Crippen molar-refractivity contribution in [3.05, 3.63) is 53.6 Å². The van der Waals surface area contributed by atoms with Crippen LogP contribution in [-0.4, -0.2) is 22.5 Å². The molecular weight excluding hydrogens is 300 g/mol. The molecule has 2 aromatic carbocycles. The molecule has 0 N–H and O–H groups in total. The van der Waals surface area contributed by atoms with Crippen molar-refractivity contribution in [2.24, 2.45) is 0 Å². The van der Waals surface area contributed by atoms with Crippen LogP contribution >= 0.6 is 0 Å². The average molecular weight is 328 g/mol. The van der Waals surface area contributed by atoms with E-state index in [1.165, 1.54) is 27.4 Å². The summed E-state index contributed by atoms with van der Waals surface area (Å²) in [5.74, 6) is 0. The van der Waals surface area contributed by atoms with Crippen LogP contribution in [0.2, 0.25) is 0 Å². The highest BCUT2D eigenvalue weighted by Crippen LogP contribution is 2.27. The van der Waals surface area contributed by atoms with E-state index < -0.39 is 9.28 Å². The molecular formula is C20H27O2Si. The van der Waals surface area contributed by atoms with Gasteiger partial charge in [-0.15, -0.1) is 0 Å². The van der Waals surface area contributed by atoms with Gasteiger partial charge in [-0.2, -0.15) is 0 Å². The second-order valence-electron chi connectivity index (χ2n) is 5.35. The van der Waals surface area contributed by atoms with Gasteiger partial charge in [-0.25, -0.2) is 0 Å². The number of hydrogen-bond donors (Lipinski definition) is 0. The van der Waals surface area contributed by atoms with E-state index in [-0.39, 0.29) is 0 Å². The molecule has 0 bridgehead atoms. The van der Waals surface area contributed by atoms with E-state index in [4.69, 9.17) is 8.85 Å². The molecule has 23 heavy (non-hydrogen) atoms. The Labute approximate surface area is 142 Å². The summed E-state index contributed by atoms with van der Waals surface area (Å²) >= 11 is 0. The fraction of sp³-hybridized carbons (Fsp3) is 0.400. The Bertz CT molecular complexity index is 619. The fourth-order valence-corrected chi connectivity index (χ4v) is 4.67. The van der Waals surface area contributed by atoms with Crippen LogP contribution < -0.4 is 5.19 Å². The van der Waals surface area contributed by atoms with Gasteiger partial charge in [0, 0.05) is 13.2 Å². The Kier molecular flexibility index (Phi) is 7.03. The maximum Gasteiger partial charge on any atom is 0.423 e. The van der Waals surface area contributed by atoms with Crippen molar-refractivity contribution in [3.63, 3.8) is 0 Å². The molecule has 2 rings (SSSR count). The van der Waals surface area contributed by atoms with E-state index in [1.807, 2.05) is 13.8 Å². The predicted octanol–water partition coefficient (Wildman–Crippen LogP) is 4.25. The van der Waals surface area contributed by atoms with Crippen molar-refractivity contribution < 1.29 is 8.85 Å². The summed E-state index contributed by atoms with van der Waals surface area (Å²) in [5, 5.41) is 1.25. The SMILES string of the molecule is CCO[Si](OCC)c1cccc(-c2ccccc2CC)c1CC. The van der Waals surface area contributed by atoms with Crippen molar-refractivity contribution in [2.45, 2.75) is 40.5 Å². The summed E-state index contributed by atoms with van der Waals surface area (Å²) in [5.41, 5.74) is 5.41. The van der Waals surface area contributed by atoms with Gasteiger partial charge in [0.05, 0.1) is 0 Å². The van der Waals surface area contributed by atoms with E-state index in [2.05, 4.69) is 56.3 Å². The van der Waals surface area contributed by atoms with Gasteiger partial charge in [0.1, 0.15) is 0 Å². The standard InChI is InChI=1S/C20H27O2Si/c1-5-16-12-9-10-13-18(16)19-14-11-15-20(17(19)6-2)23(21-7-3)22-8-4/h9-15H,5-8H2,1-4H3. The van der Waals surface area contributed by atoms with Gasteiger partial charge in [-0.3, -0.25) is 0 Å².